The van der Waals surface area contributed by atoms with Crippen LogP contribution in [0.3, 0.4) is 0 Å². The zero-order valence-corrected chi connectivity index (χ0v) is 23.5. The number of benzene rings is 2. The minimum absolute atomic E-state index is 0.937. The molecule has 0 aromatic heterocycles. The van der Waals surface area contributed by atoms with Crippen LogP contribution in [0.15, 0.2) is 36.4 Å². The minimum atomic E-state index is 0.937. The van der Waals surface area contributed by atoms with Crippen LogP contribution in [0, 0.1) is 0 Å². The number of halogens is 4. The predicted octanol–water partition coefficient (Wildman–Crippen LogP) is 9.78. The van der Waals surface area contributed by atoms with Crippen molar-refractivity contribution in [3.8, 4) is 0 Å². The van der Waals surface area contributed by atoms with Crippen molar-refractivity contribution < 1.29 is 0 Å². The largest absolute Gasteiger partial charge is 0.0876 e. The number of hydrogen-bond donors (Lipinski definition) is 0. The molecule has 0 aliphatic heterocycles. The first-order valence-electron chi connectivity index (χ1n) is 10.7. The van der Waals surface area contributed by atoms with Gasteiger partial charge in [-0.1, -0.05) is 132 Å². The van der Waals surface area contributed by atoms with Gasteiger partial charge in [-0.2, -0.15) is 0 Å². The highest BCUT2D eigenvalue weighted by Gasteiger charge is 2.04. The van der Waals surface area contributed by atoms with Gasteiger partial charge >= 0.3 is 0 Å². The van der Waals surface area contributed by atoms with Crippen LogP contribution in [-0.4, -0.2) is 0 Å². The van der Waals surface area contributed by atoms with E-state index in [1.807, 2.05) is 0 Å². The van der Waals surface area contributed by atoms with Gasteiger partial charge in [-0.25, -0.2) is 0 Å². The maximum atomic E-state index is 3.64. The van der Waals surface area contributed by atoms with E-state index in [-0.39, 0.29) is 0 Å². The first kappa shape index (κ1) is 25.6. The summed E-state index contributed by atoms with van der Waals surface area (Å²) in [5, 5.41) is 3.79. The number of hydrogen-bond acceptors (Lipinski definition) is 0. The highest BCUT2D eigenvalue weighted by Crippen LogP contribution is 2.21. The smallest absolute Gasteiger partial charge is 0.0285 e. The molecule has 0 spiro atoms. The third-order valence-corrected chi connectivity index (χ3v) is 8.03. The van der Waals surface area contributed by atoms with E-state index in [2.05, 4.69) is 100 Å². The topological polar surface area (TPSA) is 0 Å². The first-order chi connectivity index (χ1) is 14.2. The second-order valence-electron chi connectivity index (χ2n) is 7.72. The lowest BCUT2D eigenvalue weighted by Crippen LogP contribution is -1.95. The highest BCUT2D eigenvalue weighted by atomic mass is 79.9. The average molecular weight is 652 g/mol. The minimum Gasteiger partial charge on any atom is -0.0876 e. The van der Waals surface area contributed by atoms with Gasteiger partial charge in [0, 0.05) is 21.3 Å². The maximum Gasteiger partial charge on any atom is 0.0285 e. The Labute approximate surface area is 211 Å². The van der Waals surface area contributed by atoms with Crippen molar-refractivity contribution in [1.29, 1.82) is 0 Å². The standard InChI is InChI=1S/C25H32Br4/c26-16-20-10-12-22(24(14-20)18-28)8-6-4-2-1-3-5-7-9-23-13-11-21(17-27)15-25(23)19-29/h10-15H,1-9,16-19H2. The van der Waals surface area contributed by atoms with Gasteiger partial charge in [0.05, 0.1) is 0 Å². The van der Waals surface area contributed by atoms with Crippen LogP contribution in [0.25, 0.3) is 0 Å². The summed E-state index contributed by atoms with van der Waals surface area (Å²) in [5.74, 6) is 0. The molecule has 0 radical (unpaired) electrons. The van der Waals surface area contributed by atoms with Crippen molar-refractivity contribution in [2.75, 3.05) is 0 Å². The quantitative estimate of drug-likeness (QED) is 0.141. The van der Waals surface area contributed by atoms with Crippen molar-refractivity contribution in [1.82, 2.24) is 0 Å². The molecule has 0 unspecified atom stereocenters. The molecule has 2 aromatic rings. The zero-order chi connectivity index (χ0) is 20.9. The van der Waals surface area contributed by atoms with Crippen molar-refractivity contribution in [3.05, 3.63) is 69.8 Å². The fourth-order valence-corrected chi connectivity index (χ4v) is 5.52. The molecule has 0 N–H and O–H groups in total. The van der Waals surface area contributed by atoms with Gasteiger partial charge < -0.3 is 0 Å². The van der Waals surface area contributed by atoms with E-state index in [0.717, 1.165) is 21.3 Å². The van der Waals surface area contributed by atoms with E-state index in [0.29, 0.717) is 0 Å². The summed E-state index contributed by atoms with van der Waals surface area (Å²) in [7, 11) is 0. The molecule has 29 heavy (non-hydrogen) atoms. The molecule has 2 rings (SSSR count). The van der Waals surface area contributed by atoms with Gasteiger partial charge in [0.25, 0.3) is 0 Å². The average Bonchev–Trinajstić information content (AvgIpc) is 2.77. The summed E-state index contributed by atoms with van der Waals surface area (Å²) in [6, 6.07) is 13.8. The van der Waals surface area contributed by atoms with Crippen LogP contribution in [-0.2, 0) is 34.2 Å². The van der Waals surface area contributed by atoms with E-state index in [4.69, 9.17) is 0 Å². The van der Waals surface area contributed by atoms with Gasteiger partial charge in [-0.3, -0.25) is 0 Å². The molecule has 0 amide bonds. The lowest BCUT2D eigenvalue weighted by molar-refractivity contribution is 0.578. The van der Waals surface area contributed by atoms with Gasteiger partial charge in [-0.05, 0) is 59.1 Å². The molecule has 0 heterocycles. The normalized spacial score (nSPS) is 11.2. The van der Waals surface area contributed by atoms with Crippen molar-refractivity contribution in [2.45, 2.75) is 79.1 Å². The fraction of sp³-hybridized carbons (Fsp3) is 0.520. The molecule has 0 aliphatic carbocycles. The molecule has 2 aromatic carbocycles. The van der Waals surface area contributed by atoms with Crippen molar-refractivity contribution in [3.63, 3.8) is 0 Å². The Hall–Kier alpha value is 0.360. The van der Waals surface area contributed by atoms with Gasteiger partial charge in [-0.15, -0.1) is 0 Å². The van der Waals surface area contributed by atoms with Crippen LogP contribution in [0.5, 0.6) is 0 Å². The Balaban J connectivity index is 1.58. The summed E-state index contributed by atoms with van der Waals surface area (Å²) in [4.78, 5) is 0. The number of alkyl halides is 4. The first-order valence-corrected chi connectivity index (χ1v) is 15.2. The zero-order valence-electron chi connectivity index (χ0n) is 17.2. The van der Waals surface area contributed by atoms with Crippen molar-refractivity contribution in [2.24, 2.45) is 0 Å². The van der Waals surface area contributed by atoms with Gasteiger partial charge in [0.1, 0.15) is 0 Å². The molecule has 0 fully saturated rings. The molecule has 0 nitrogen and oxygen atoms in total. The highest BCUT2D eigenvalue weighted by molar-refractivity contribution is 9.09. The molecular formula is C25H32Br4. The van der Waals surface area contributed by atoms with Crippen LogP contribution < -0.4 is 0 Å². The fourth-order valence-electron chi connectivity index (χ4n) is 3.78. The second kappa shape index (κ2) is 15.2. The SMILES string of the molecule is BrCc1ccc(CCCCCCCCCc2ccc(CBr)cc2CBr)c(CBr)c1. The summed E-state index contributed by atoms with van der Waals surface area (Å²) < 4.78 is 0. The molecule has 0 aliphatic rings. The number of rotatable bonds is 14. The number of unbranched alkanes of at least 4 members (excludes halogenated alkanes) is 6. The van der Waals surface area contributed by atoms with E-state index in [9.17, 15) is 0 Å². The molecule has 0 bridgehead atoms. The van der Waals surface area contributed by atoms with E-state index >= 15 is 0 Å². The summed E-state index contributed by atoms with van der Waals surface area (Å²) >= 11 is 14.4. The van der Waals surface area contributed by atoms with E-state index < -0.39 is 0 Å². The Morgan fingerprint density at radius 2 is 0.793 bits per heavy atom. The summed E-state index contributed by atoms with van der Waals surface area (Å²) in [5.41, 5.74) is 8.67. The monoisotopic (exact) mass is 648 g/mol. The third-order valence-electron chi connectivity index (χ3n) is 5.53. The Morgan fingerprint density at radius 1 is 0.414 bits per heavy atom. The van der Waals surface area contributed by atoms with Gasteiger partial charge in [0.15, 0.2) is 0 Å². The Morgan fingerprint density at radius 3 is 1.14 bits per heavy atom. The Kier molecular flexibility index (Phi) is 13.4. The second-order valence-corrected chi connectivity index (χ2v) is 9.96. The van der Waals surface area contributed by atoms with Crippen LogP contribution >= 0.6 is 63.7 Å². The van der Waals surface area contributed by atoms with E-state index in [1.54, 1.807) is 0 Å². The Bertz CT molecular complexity index is 665. The van der Waals surface area contributed by atoms with E-state index in [1.165, 1.54) is 91.2 Å². The molecule has 0 atom stereocenters. The lowest BCUT2D eigenvalue weighted by atomic mass is 9.98. The summed E-state index contributed by atoms with van der Waals surface area (Å²) in [6.45, 7) is 0. The van der Waals surface area contributed by atoms with Crippen molar-refractivity contribution >= 4 is 63.7 Å². The lowest BCUT2D eigenvalue weighted by Gasteiger charge is -2.10. The maximum absolute atomic E-state index is 3.64. The molecular weight excluding hydrogens is 620 g/mol. The third kappa shape index (κ3) is 9.17. The molecule has 0 saturated carbocycles. The summed E-state index contributed by atoms with van der Waals surface area (Å²) in [6.07, 6.45) is 11.9. The molecule has 0 saturated heterocycles. The number of aryl methyl sites for hydroxylation is 2. The van der Waals surface area contributed by atoms with Gasteiger partial charge in [0.2, 0.25) is 0 Å². The molecule has 4 heteroatoms. The van der Waals surface area contributed by atoms with Crippen LogP contribution in [0.4, 0.5) is 0 Å². The van der Waals surface area contributed by atoms with Crippen LogP contribution in [0.2, 0.25) is 0 Å². The van der Waals surface area contributed by atoms with Crippen LogP contribution in [0.1, 0.15) is 78.3 Å². The molecule has 160 valence electrons. The predicted molar refractivity (Wildman–Crippen MR) is 143 cm³/mol.